The molecule has 0 spiro atoms. The molecule has 0 radical (unpaired) electrons. The van der Waals surface area contributed by atoms with Crippen molar-refractivity contribution in [2.45, 2.75) is 11.7 Å². The van der Waals surface area contributed by atoms with Crippen molar-refractivity contribution in [3.05, 3.63) is 67.3 Å². The third-order valence-electron chi connectivity index (χ3n) is 3.35. The monoisotopic (exact) mass is 356 g/mol. The molecule has 0 aliphatic heterocycles. The molecular formula is C18H17FN4OS. The van der Waals surface area contributed by atoms with Crippen LogP contribution in [0, 0.1) is 5.82 Å². The lowest BCUT2D eigenvalue weighted by Gasteiger charge is -2.08. The number of nitrogens with zero attached hydrogens (tertiary/aromatic N) is 4. The first-order valence-corrected chi connectivity index (χ1v) is 8.72. The number of aromatic nitrogens is 4. The van der Waals surface area contributed by atoms with Gasteiger partial charge < -0.3 is 4.74 Å². The minimum atomic E-state index is -0.308. The second-order valence-corrected chi connectivity index (χ2v) is 6.16. The summed E-state index contributed by atoms with van der Waals surface area (Å²) in [7, 11) is 0. The third-order valence-corrected chi connectivity index (χ3v) is 4.28. The predicted octanol–water partition coefficient (Wildman–Crippen LogP) is 3.84. The van der Waals surface area contributed by atoms with Crippen molar-refractivity contribution in [2.24, 2.45) is 0 Å². The molecule has 2 heterocycles. The Bertz CT molecular complexity index is 838. The van der Waals surface area contributed by atoms with Crippen LogP contribution in [0.4, 0.5) is 4.39 Å². The Morgan fingerprint density at radius 2 is 2.04 bits per heavy atom. The summed E-state index contributed by atoms with van der Waals surface area (Å²) in [6, 6.07) is 9.90. The van der Waals surface area contributed by atoms with Gasteiger partial charge in [0.25, 0.3) is 0 Å². The number of allylic oxidation sites excluding steroid dienone is 1. The van der Waals surface area contributed by atoms with E-state index in [1.54, 1.807) is 30.6 Å². The molecule has 7 heteroatoms. The second-order valence-electron chi connectivity index (χ2n) is 5.10. The first-order chi connectivity index (χ1) is 12.3. The fourth-order valence-electron chi connectivity index (χ4n) is 2.25. The topological polar surface area (TPSA) is 52.8 Å². The minimum absolute atomic E-state index is 0.308. The highest BCUT2D eigenvalue weighted by atomic mass is 32.2. The molecule has 3 aromatic rings. The van der Waals surface area contributed by atoms with Gasteiger partial charge in [-0.2, -0.15) is 0 Å². The van der Waals surface area contributed by atoms with E-state index in [9.17, 15) is 4.39 Å². The maximum absolute atomic E-state index is 13.1. The maximum Gasteiger partial charge on any atom is 0.191 e. The normalized spacial score (nSPS) is 10.6. The zero-order chi connectivity index (χ0) is 17.5. The van der Waals surface area contributed by atoms with Gasteiger partial charge in [-0.3, -0.25) is 9.55 Å². The van der Waals surface area contributed by atoms with Crippen LogP contribution in [0.1, 0.15) is 0 Å². The van der Waals surface area contributed by atoms with Gasteiger partial charge in [-0.1, -0.05) is 23.9 Å². The minimum Gasteiger partial charge on any atom is -0.493 e. The van der Waals surface area contributed by atoms with Crippen molar-refractivity contribution in [1.29, 1.82) is 0 Å². The molecule has 0 aliphatic carbocycles. The number of halogens is 1. The van der Waals surface area contributed by atoms with Crippen LogP contribution in [-0.4, -0.2) is 32.1 Å². The molecule has 0 amide bonds. The van der Waals surface area contributed by atoms with Gasteiger partial charge >= 0.3 is 0 Å². The molecule has 25 heavy (non-hydrogen) atoms. The Kier molecular flexibility index (Phi) is 5.79. The van der Waals surface area contributed by atoms with E-state index in [0.717, 1.165) is 16.5 Å². The van der Waals surface area contributed by atoms with Gasteiger partial charge in [0.2, 0.25) is 0 Å². The quantitative estimate of drug-likeness (QED) is 0.349. The Labute approximate surface area is 149 Å². The largest absolute Gasteiger partial charge is 0.493 e. The molecule has 0 atom stereocenters. The van der Waals surface area contributed by atoms with Gasteiger partial charge in [-0.05, 0) is 24.3 Å². The molecule has 0 saturated carbocycles. The highest BCUT2D eigenvalue weighted by Crippen LogP contribution is 2.23. The molecular weight excluding hydrogens is 339 g/mol. The zero-order valence-corrected chi connectivity index (χ0v) is 14.3. The number of thioether (sulfide) groups is 1. The summed E-state index contributed by atoms with van der Waals surface area (Å²) >= 11 is 1.53. The lowest BCUT2D eigenvalue weighted by molar-refractivity contribution is 0.342. The van der Waals surface area contributed by atoms with Crippen molar-refractivity contribution in [3.8, 4) is 17.1 Å². The lowest BCUT2D eigenvalue weighted by atomic mass is 10.2. The molecule has 2 aromatic heterocycles. The molecule has 0 aliphatic rings. The van der Waals surface area contributed by atoms with Crippen molar-refractivity contribution < 1.29 is 9.13 Å². The molecule has 0 saturated heterocycles. The number of benzene rings is 1. The first-order valence-electron chi connectivity index (χ1n) is 7.73. The molecule has 0 fully saturated rings. The van der Waals surface area contributed by atoms with Crippen molar-refractivity contribution in [3.63, 3.8) is 0 Å². The summed E-state index contributed by atoms with van der Waals surface area (Å²) in [5, 5.41) is 9.33. The Balaban J connectivity index is 1.64. The summed E-state index contributed by atoms with van der Waals surface area (Å²) in [6.07, 6.45) is 5.26. The molecule has 0 unspecified atom stereocenters. The summed E-state index contributed by atoms with van der Waals surface area (Å²) < 4.78 is 20.7. The van der Waals surface area contributed by atoms with Gasteiger partial charge in [-0.25, -0.2) is 4.39 Å². The summed E-state index contributed by atoms with van der Waals surface area (Å²) in [5.41, 5.74) is 0.951. The Morgan fingerprint density at radius 3 is 2.80 bits per heavy atom. The molecule has 1 aromatic carbocycles. The molecule has 3 rings (SSSR count). The van der Waals surface area contributed by atoms with Crippen LogP contribution in [-0.2, 0) is 6.54 Å². The number of ether oxygens (including phenoxy) is 1. The van der Waals surface area contributed by atoms with E-state index in [1.807, 2.05) is 16.7 Å². The Morgan fingerprint density at radius 1 is 1.20 bits per heavy atom. The number of hydrogen-bond acceptors (Lipinski definition) is 5. The molecule has 0 N–H and O–H groups in total. The highest BCUT2D eigenvalue weighted by molar-refractivity contribution is 7.99. The highest BCUT2D eigenvalue weighted by Gasteiger charge is 2.13. The fourth-order valence-corrected chi connectivity index (χ4v) is 3.02. The van der Waals surface area contributed by atoms with Gasteiger partial charge in [-0.15, -0.1) is 16.8 Å². The fraction of sp³-hybridized carbons (Fsp3) is 0.167. The van der Waals surface area contributed by atoms with E-state index in [0.29, 0.717) is 24.7 Å². The molecule has 5 nitrogen and oxygen atoms in total. The third kappa shape index (κ3) is 4.45. The van der Waals surface area contributed by atoms with E-state index in [2.05, 4.69) is 21.8 Å². The summed E-state index contributed by atoms with van der Waals surface area (Å²) in [4.78, 5) is 4.02. The smallest absolute Gasteiger partial charge is 0.191 e. The van der Waals surface area contributed by atoms with Crippen LogP contribution >= 0.6 is 11.8 Å². The summed E-state index contributed by atoms with van der Waals surface area (Å²) in [5.74, 6) is 1.65. The number of pyridine rings is 1. The van der Waals surface area contributed by atoms with Crippen LogP contribution in [0.3, 0.4) is 0 Å². The summed E-state index contributed by atoms with van der Waals surface area (Å²) in [6.45, 7) is 4.85. The molecule has 0 bridgehead atoms. The van der Waals surface area contributed by atoms with Gasteiger partial charge in [0, 0.05) is 36.3 Å². The van der Waals surface area contributed by atoms with E-state index in [1.165, 1.54) is 23.9 Å². The van der Waals surface area contributed by atoms with Gasteiger partial charge in [0.1, 0.15) is 11.6 Å². The van der Waals surface area contributed by atoms with Crippen LogP contribution in [0.25, 0.3) is 11.4 Å². The van der Waals surface area contributed by atoms with E-state index >= 15 is 0 Å². The van der Waals surface area contributed by atoms with E-state index < -0.39 is 0 Å². The van der Waals surface area contributed by atoms with Gasteiger partial charge in [0.15, 0.2) is 11.0 Å². The second kappa shape index (κ2) is 8.43. The Hall–Kier alpha value is -2.67. The average Bonchev–Trinajstić information content (AvgIpc) is 3.03. The first kappa shape index (κ1) is 17.2. The van der Waals surface area contributed by atoms with E-state index in [-0.39, 0.29) is 5.82 Å². The lowest BCUT2D eigenvalue weighted by Crippen LogP contribution is -2.04. The van der Waals surface area contributed by atoms with E-state index in [4.69, 9.17) is 4.74 Å². The van der Waals surface area contributed by atoms with Crippen molar-refractivity contribution in [2.75, 3.05) is 12.4 Å². The average molecular weight is 356 g/mol. The number of hydrogen-bond donors (Lipinski definition) is 0. The maximum atomic E-state index is 13.1. The van der Waals surface area contributed by atoms with Crippen LogP contribution in [0.2, 0.25) is 0 Å². The zero-order valence-electron chi connectivity index (χ0n) is 13.5. The van der Waals surface area contributed by atoms with Crippen molar-refractivity contribution >= 4 is 11.8 Å². The SMILES string of the molecule is C=CCn1c(SCCOc2cccc(F)c2)nnc1-c1ccncc1. The number of rotatable bonds is 8. The van der Waals surface area contributed by atoms with Crippen molar-refractivity contribution in [1.82, 2.24) is 19.7 Å². The predicted molar refractivity (Wildman–Crippen MR) is 96.1 cm³/mol. The standard InChI is InChI=1S/C18H17FN4OS/c1-2-10-23-17(14-6-8-20-9-7-14)21-22-18(23)25-12-11-24-16-5-3-4-15(19)13-16/h2-9,13H,1,10-12H2. The van der Waals surface area contributed by atoms with Crippen LogP contribution in [0.15, 0.2) is 66.6 Å². The van der Waals surface area contributed by atoms with Crippen LogP contribution in [0.5, 0.6) is 5.75 Å². The van der Waals surface area contributed by atoms with Crippen LogP contribution < -0.4 is 4.74 Å². The molecule has 128 valence electrons. The van der Waals surface area contributed by atoms with Gasteiger partial charge in [0.05, 0.1) is 6.61 Å².